The molecule has 0 radical (unpaired) electrons. The SMILES string of the molecule is COc1cc(CCc2ccc(/C=C/C(=O)Nc3ccccc3N)cc2)cc(C)c1OC. The van der Waals surface area contributed by atoms with E-state index in [2.05, 4.69) is 23.5 Å². The van der Waals surface area contributed by atoms with Gasteiger partial charge in [-0.25, -0.2) is 0 Å². The topological polar surface area (TPSA) is 73.6 Å². The summed E-state index contributed by atoms with van der Waals surface area (Å²) in [7, 11) is 3.31. The minimum atomic E-state index is -0.217. The number of carbonyl (C=O) groups is 1. The molecule has 3 aromatic carbocycles. The maximum Gasteiger partial charge on any atom is 0.248 e. The maximum absolute atomic E-state index is 12.1. The van der Waals surface area contributed by atoms with Crippen LogP contribution in [-0.4, -0.2) is 20.1 Å². The van der Waals surface area contributed by atoms with Crippen LogP contribution in [0.3, 0.4) is 0 Å². The van der Waals surface area contributed by atoms with Crippen molar-refractivity contribution in [2.24, 2.45) is 0 Å². The number of hydrogen-bond donors (Lipinski definition) is 2. The van der Waals surface area contributed by atoms with E-state index in [1.807, 2.05) is 37.3 Å². The molecule has 0 spiro atoms. The Bertz CT molecular complexity index is 1070. The van der Waals surface area contributed by atoms with Crippen LogP contribution in [-0.2, 0) is 17.6 Å². The van der Waals surface area contributed by atoms with Gasteiger partial charge in [-0.05, 0) is 66.3 Å². The highest BCUT2D eigenvalue weighted by Gasteiger charge is 2.09. The van der Waals surface area contributed by atoms with Crippen molar-refractivity contribution in [1.29, 1.82) is 0 Å². The Morgan fingerprint density at radius 1 is 0.968 bits per heavy atom. The molecule has 160 valence electrons. The molecular formula is C26H28N2O3. The monoisotopic (exact) mass is 416 g/mol. The molecule has 0 bridgehead atoms. The lowest BCUT2D eigenvalue weighted by atomic mass is 10.0. The number of aryl methyl sites for hydroxylation is 3. The Morgan fingerprint density at radius 3 is 2.35 bits per heavy atom. The second-order valence-electron chi connectivity index (χ2n) is 7.30. The number of nitrogens with one attached hydrogen (secondary N) is 1. The molecule has 0 aliphatic carbocycles. The molecule has 31 heavy (non-hydrogen) atoms. The van der Waals surface area contributed by atoms with Gasteiger partial charge in [-0.15, -0.1) is 0 Å². The number of nitrogen functional groups attached to an aromatic ring is 1. The fourth-order valence-electron chi connectivity index (χ4n) is 3.41. The molecule has 0 fully saturated rings. The van der Waals surface area contributed by atoms with Gasteiger partial charge in [-0.2, -0.15) is 0 Å². The standard InChI is InChI=1S/C26H28N2O3/c1-18-16-21(17-24(30-2)26(18)31-3)13-12-19-8-10-20(11-9-19)14-15-25(29)28-23-7-5-4-6-22(23)27/h4-11,14-17H,12-13,27H2,1-3H3,(H,28,29)/b15-14+. The van der Waals surface area contributed by atoms with Crippen molar-refractivity contribution in [2.75, 3.05) is 25.3 Å². The zero-order valence-electron chi connectivity index (χ0n) is 18.1. The first-order valence-corrected chi connectivity index (χ1v) is 10.1. The van der Waals surface area contributed by atoms with E-state index in [1.54, 1.807) is 32.4 Å². The van der Waals surface area contributed by atoms with E-state index >= 15 is 0 Å². The van der Waals surface area contributed by atoms with E-state index in [-0.39, 0.29) is 5.91 Å². The highest BCUT2D eigenvalue weighted by molar-refractivity contribution is 6.03. The predicted octanol–water partition coefficient (Wildman–Crippen LogP) is 5.03. The van der Waals surface area contributed by atoms with Crippen molar-refractivity contribution >= 4 is 23.4 Å². The highest BCUT2D eigenvalue weighted by atomic mass is 16.5. The number of nitrogens with two attached hydrogens (primary N) is 1. The van der Waals surface area contributed by atoms with Crippen molar-refractivity contribution in [3.05, 3.63) is 89.0 Å². The lowest BCUT2D eigenvalue weighted by Gasteiger charge is -2.13. The first-order chi connectivity index (χ1) is 15.0. The fraction of sp³-hybridized carbons (Fsp3) is 0.192. The molecule has 0 heterocycles. The molecule has 0 atom stereocenters. The average Bonchev–Trinajstić information content (AvgIpc) is 2.78. The third-order valence-electron chi connectivity index (χ3n) is 5.05. The number of anilines is 2. The minimum Gasteiger partial charge on any atom is -0.493 e. The summed E-state index contributed by atoms with van der Waals surface area (Å²) in [5.41, 5.74) is 11.5. The molecule has 0 aromatic heterocycles. The fourth-order valence-corrected chi connectivity index (χ4v) is 3.41. The van der Waals surface area contributed by atoms with Crippen LogP contribution in [0, 0.1) is 6.92 Å². The molecule has 1 amide bonds. The van der Waals surface area contributed by atoms with Gasteiger partial charge in [0.2, 0.25) is 5.91 Å². The van der Waals surface area contributed by atoms with Crippen LogP contribution in [0.2, 0.25) is 0 Å². The zero-order valence-corrected chi connectivity index (χ0v) is 18.1. The van der Waals surface area contributed by atoms with Crippen LogP contribution in [0.15, 0.2) is 66.7 Å². The van der Waals surface area contributed by atoms with Gasteiger partial charge in [0, 0.05) is 6.08 Å². The quantitative estimate of drug-likeness (QED) is 0.399. The zero-order chi connectivity index (χ0) is 22.2. The maximum atomic E-state index is 12.1. The van der Waals surface area contributed by atoms with E-state index in [9.17, 15) is 4.79 Å². The van der Waals surface area contributed by atoms with E-state index in [4.69, 9.17) is 15.2 Å². The van der Waals surface area contributed by atoms with E-state index in [0.29, 0.717) is 11.4 Å². The van der Waals surface area contributed by atoms with Crippen LogP contribution in [0.5, 0.6) is 11.5 Å². The molecule has 0 unspecified atom stereocenters. The Morgan fingerprint density at radius 2 is 1.68 bits per heavy atom. The minimum absolute atomic E-state index is 0.217. The van der Waals surface area contributed by atoms with Crippen molar-refractivity contribution < 1.29 is 14.3 Å². The molecule has 0 aliphatic rings. The predicted molar refractivity (Wildman–Crippen MR) is 127 cm³/mol. The molecular weight excluding hydrogens is 388 g/mol. The summed E-state index contributed by atoms with van der Waals surface area (Å²) in [4.78, 5) is 12.1. The van der Waals surface area contributed by atoms with Gasteiger partial charge >= 0.3 is 0 Å². The van der Waals surface area contributed by atoms with Gasteiger partial charge in [0.25, 0.3) is 0 Å². The Kier molecular flexibility index (Phi) is 7.33. The van der Waals surface area contributed by atoms with Gasteiger partial charge in [0.15, 0.2) is 11.5 Å². The number of para-hydroxylation sites is 2. The Hall–Kier alpha value is -3.73. The summed E-state index contributed by atoms with van der Waals surface area (Å²) >= 11 is 0. The second kappa shape index (κ2) is 10.3. The molecule has 5 nitrogen and oxygen atoms in total. The van der Waals surface area contributed by atoms with E-state index in [0.717, 1.165) is 35.5 Å². The molecule has 3 aromatic rings. The van der Waals surface area contributed by atoms with Crippen molar-refractivity contribution in [2.45, 2.75) is 19.8 Å². The van der Waals surface area contributed by atoms with Crippen molar-refractivity contribution in [1.82, 2.24) is 0 Å². The Labute approximate surface area is 183 Å². The lowest BCUT2D eigenvalue weighted by molar-refractivity contribution is -0.111. The summed E-state index contributed by atoms with van der Waals surface area (Å²) in [6.45, 7) is 2.02. The van der Waals surface area contributed by atoms with Crippen LogP contribution < -0.4 is 20.5 Å². The Balaban J connectivity index is 1.58. The third kappa shape index (κ3) is 5.89. The van der Waals surface area contributed by atoms with Gasteiger partial charge < -0.3 is 20.5 Å². The third-order valence-corrected chi connectivity index (χ3v) is 5.05. The number of methoxy groups -OCH3 is 2. The van der Waals surface area contributed by atoms with Crippen molar-refractivity contribution in [3.63, 3.8) is 0 Å². The van der Waals surface area contributed by atoms with E-state index in [1.165, 1.54) is 17.2 Å². The number of rotatable bonds is 8. The van der Waals surface area contributed by atoms with Crippen LogP contribution >= 0.6 is 0 Å². The number of amides is 1. The molecule has 3 N–H and O–H groups in total. The van der Waals surface area contributed by atoms with Gasteiger partial charge in [-0.1, -0.05) is 42.5 Å². The molecule has 5 heteroatoms. The van der Waals surface area contributed by atoms with Crippen LogP contribution in [0.25, 0.3) is 6.08 Å². The number of carbonyl (C=O) groups excluding carboxylic acids is 1. The first kappa shape index (κ1) is 22.0. The smallest absolute Gasteiger partial charge is 0.248 e. The largest absolute Gasteiger partial charge is 0.493 e. The highest BCUT2D eigenvalue weighted by Crippen LogP contribution is 2.32. The lowest BCUT2D eigenvalue weighted by Crippen LogP contribution is -2.09. The van der Waals surface area contributed by atoms with Crippen LogP contribution in [0.4, 0.5) is 11.4 Å². The summed E-state index contributed by atoms with van der Waals surface area (Å²) < 4.78 is 10.9. The molecule has 0 saturated carbocycles. The van der Waals surface area contributed by atoms with Gasteiger partial charge in [0.05, 0.1) is 25.6 Å². The summed E-state index contributed by atoms with van der Waals surface area (Å²) in [6.07, 6.45) is 5.10. The molecule has 0 saturated heterocycles. The van der Waals surface area contributed by atoms with E-state index < -0.39 is 0 Å². The van der Waals surface area contributed by atoms with Gasteiger partial charge in [0.1, 0.15) is 0 Å². The molecule has 3 rings (SSSR count). The molecule has 0 aliphatic heterocycles. The van der Waals surface area contributed by atoms with Crippen LogP contribution in [0.1, 0.15) is 22.3 Å². The number of hydrogen-bond acceptors (Lipinski definition) is 4. The summed E-state index contributed by atoms with van der Waals surface area (Å²) in [5.74, 6) is 1.32. The first-order valence-electron chi connectivity index (χ1n) is 10.1. The second-order valence-corrected chi connectivity index (χ2v) is 7.30. The summed E-state index contributed by atoms with van der Waals surface area (Å²) in [6, 6.07) is 19.5. The average molecular weight is 417 g/mol. The number of benzene rings is 3. The number of ether oxygens (including phenoxy) is 2. The summed E-state index contributed by atoms with van der Waals surface area (Å²) in [5, 5.41) is 2.78. The van der Waals surface area contributed by atoms with Gasteiger partial charge in [-0.3, -0.25) is 4.79 Å². The van der Waals surface area contributed by atoms with Crippen molar-refractivity contribution in [3.8, 4) is 11.5 Å². The normalized spacial score (nSPS) is 10.8.